The lowest BCUT2D eigenvalue weighted by Gasteiger charge is -2.29. The lowest BCUT2D eigenvalue weighted by atomic mass is 9.95. The highest BCUT2D eigenvalue weighted by Crippen LogP contribution is 2.30. The molecule has 1 aromatic carbocycles. The summed E-state index contributed by atoms with van der Waals surface area (Å²) in [5.41, 5.74) is 1.72. The Hall–Kier alpha value is -2.87. The molecule has 0 aliphatic carbocycles. The largest absolute Gasteiger partial charge is 0.463 e. The highest BCUT2D eigenvalue weighted by atomic mass is 32.2. The summed E-state index contributed by atoms with van der Waals surface area (Å²) in [6, 6.07) is 8.40. The van der Waals surface area contributed by atoms with E-state index in [-0.39, 0.29) is 12.6 Å². The van der Waals surface area contributed by atoms with E-state index in [1.54, 1.807) is 25.5 Å². The zero-order chi connectivity index (χ0) is 18.4. The maximum Gasteiger partial charge on any atom is 0.338 e. The Bertz CT molecular complexity index is 812. The molecule has 2 amide bonds. The van der Waals surface area contributed by atoms with Gasteiger partial charge in [0.2, 0.25) is 0 Å². The van der Waals surface area contributed by atoms with Crippen molar-refractivity contribution in [1.82, 2.24) is 20.6 Å². The molecule has 2 heterocycles. The number of benzene rings is 1. The maximum absolute atomic E-state index is 12.6. The minimum atomic E-state index is -0.568. The van der Waals surface area contributed by atoms with Crippen molar-refractivity contribution >= 4 is 23.8 Å². The van der Waals surface area contributed by atoms with Crippen LogP contribution in [0, 0.1) is 0 Å². The number of carbonyl (C=O) groups excluding carboxylic acids is 2. The van der Waals surface area contributed by atoms with Gasteiger partial charge in [-0.15, -0.1) is 0 Å². The zero-order valence-corrected chi connectivity index (χ0v) is 15.0. The molecule has 0 saturated carbocycles. The first-order valence-electron chi connectivity index (χ1n) is 8.10. The predicted octanol–water partition coefficient (Wildman–Crippen LogP) is 2.44. The van der Waals surface area contributed by atoms with Crippen molar-refractivity contribution in [3.05, 3.63) is 65.8 Å². The van der Waals surface area contributed by atoms with Crippen molar-refractivity contribution < 1.29 is 14.3 Å². The van der Waals surface area contributed by atoms with Crippen LogP contribution in [0.5, 0.6) is 0 Å². The second kappa shape index (κ2) is 8.48. The summed E-state index contributed by atoms with van der Waals surface area (Å²) in [4.78, 5) is 33.0. The fraction of sp³-hybridized carbons (Fsp3) is 0.222. The van der Waals surface area contributed by atoms with Gasteiger partial charge < -0.3 is 15.4 Å². The number of amides is 2. The van der Waals surface area contributed by atoms with E-state index in [9.17, 15) is 9.59 Å². The van der Waals surface area contributed by atoms with Gasteiger partial charge >= 0.3 is 12.0 Å². The van der Waals surface area contributed by atoms with Gasteiger partial charge in [0.1, 0.15) is 5.03 Å². The zero-order valence-electron chi connectivity index (χ0n) is 14.1. The van der Waals surface area contributed by atoms with E-state index in [1.807, 2.05) is 30.3 Å². The summed E-state index contributed by atoms with van der Waals surface area (Å²) < 4.78 is 5.23. The molecular weight excluding hydrogens is 352 g/mol. The Morgan fingerprint density at radius 1 is 1.27 bits per heavy atom. The molecule has 0 saturated heterocycles. The van der Waals surface area contributed by atoms with Gasteiger partial charge in [-0.05, 0) is 12.5 Å². The van der Waals surface area contributed by atoms with Crippen LogP contribution in [-0.2, 0) is 9.53 Å². The van der Waals surface area contributed by atoms with Crippen LogP contribution in [-0.4, -0.2) is 34.3 Å². The minimum Gasteiger partial charge on any atom is -0.463 e. The van der Waals surface area contributed by atoms with Crippen LogP contribution in [0.1, 0.15) is 18.5 Å². The number of nitrogens with one attached hydrogen (secondary N) is 2. The Morgan fingerprint density at radius 2 is 2.08 bits per heavy atom. The van der Waals surface area contributed by atoms with E-state index in [4.69, 9.17) is 4.74 Å². The van der Waals surface area contributed by atoms with E-state index in [0.717, 1.165) is 5.56 Å². The third-order valence-electron chi connectivity index (χ3n) is 3.69. The van der Waals surface area contributed by atoms with Gasteiger partial charge in [-0.25, -0.2) is 14.6 Å². The van der Waals surface area contributed by atoms with Crippen LogP contribution in [0.25, 0.3) is 0 Å². The molecule has 1 aliphatic rings. The van der Waals surface area contributed by atoms with Gasteiger partial charge in [0, 0.05) is 23.8 Å². The molecule has 8 heteroatoms. The number of ether oxygens (including phenoxy) is 1. The molecular formula is C18H18N4O3S. The number of hydrogen-bond donors (Lipinski definition) is 2. The Morgan fingerprint density at radius 3 is 2.77 bits per heavy atom. The van der Waals surface area contributed by atoms with Crippen LogP contribution in [0.15, 0.2) is 65.2 Å². The third-order valence-corrected chi connectivity index (χ3v) is 4.63. The van der Waals surface area contributed by atoms with Gasteiger partial charge in [0.25, 0.3) is 0 Å². The molecule has 1 aromatic heterocycles. The smallest absolute Gasteiger partial charge is 0.338 e. The quantitative estimate of drug-likeness (QED) is 0.599. The first kappa shape index (κ1) is 17.9. The molecule has 7 nitrogen and oxygen atoms in total. The van der Waals surface area contributed by atoms with Crippen LogP contribution in [0.4, 0.5) is 4.79 Å². The third kappa shape index (κ3) is 4.20. The van der Waals surface area contributed by atoms with E-state index < -0.39 is 12.0 Å². The molecule has 0 bridgehead atoms. The van der Waals surface area contributed by atoms with Crippen LogP contribution in [0.3, 0.4) is 0 Å². The van der Waals surface area contributed by atoms with Gasteiger partial charge in [-0.1, -0.05) is 42.1 Å². The molecule has 0 radical (unpaired) electrons. The summed E-state index contributed by atoms with van der Waals surface area (Å²) in [5.74, 6) is -0.0903. The summed E-state index contributed by atoms with van der Waals surface area (Å²) in [6.45, 7) is 2.00. The molecule has 2 N–H and O–H groups in total. The fourth-order valence-corrected chi connectivity index (χ4v) is 3.37. The maximum atomic E-state index is 12.6. The van der Waals surface area contributed by atoms with E-state index in [0.29, 0.717) is 22.0 Å². The molecule has 0 fully saturated rings. The number of esters is 1. The number of nitrogens with zero attached hydrogens (tertiary/aromatic N) is 2. The van der Waals surface area contributed by atoms with Crippen molar-refractivity contribution in [2.75, 3.05) is 12.4 Å². The van der Waals surface area contributed by atoms with Crippen molar-refractivity contribution in [2.45, 2.75) is 18.0 Å². The van der Waals surface area contributed by atoms with Crippen LogP contribution in [0.2, 0.25) is 0 Å². The number of urea groups is 1. The molecule has 2 aromatic rings. The standard InChI is InChI=1S/C18H18N4O3S/c1-2-25-17(23)15-13(11-26-14-10-19-8-9-20-14)21-18(24)22-16(15)12-6-4-3-5-7-12/h3-10,16H,2,11H2,1H3,(H2,21,22,24)/t16-/m0/s1. The molecule has 3 rings (SSSR count). The Labute approximate surface area is 155 Å². The lowest BCUT2D eigenvalue weighted by molar-refractivity contribution is -0.139. The Kier molecular flexibility index (Phi) is 5.85. The Balaban J connectivity index is 1.95. The number of hydrogen-bond acceptors (Lipinski definition) is 6. The van der Waals surface area contributed by atoms with E-state index in [2.05, 4.69) is 20.6 Å². The summed E-state index contributed by atoms with van der Waals surface area (Å²) in [7, 11) is 0. The topological polar surface area (TPSA) is 93.2 Å². The predicted molar refractivity (Wildman–Crippen MR) is 97.3 cm³/mol. The molecule has 26 heavy (non-hydrogen) atoms. The number of thioether (sulfide) groups is 1. The normalized spacial score (nSPS) is 16.7. The van der Waals surface area contributed by atoms with Crippen molar-refractivity contribution in [3.8, 4) is 0 Å². The molecule has 1 aliphatic heterocycles. The van der Waals surface area contributed by atoms with E-state index in [1.165, 1.54) is 11.8 Å². The molecule has 0 spiro atoms. The van der Waals surface area contributed by atoms with Crippen LogP contribution >= 0.6 is 11.8 Å². The number of carbonyl (C=O) groups is 2. The molecule has 0 unspecified atom stereocenters. The fourth-order valence-electron chi connectivity index (χ4n) is 2.58. The average Bonchev–Trinajstić information content (AvgIpc) is 2.67. The van der Waals surface area contributed by atoms with Crippen molar-refractivity contribution in [2.24, 2.45) is 0 Å². The molecule has 134 valence electrons. The number of aromatic nitrogens is 2. The van der Waals surface area contributed by atoms with Crippen LogP contribution < -0.4 is 10.6 Å². The van der Waals surface area contributed by atoms with Gasteiger partial charge in [-0.2, -0.15) is 0 Å². The van der Waals surface area contributed by atoms with Crippen molar-refractivity contribution in [3.63, 3.8) is 0 Å². The summed E-state index contributed by atoms with van der Waals surface area (Å²) >= 11 is 1.38. The highest BCUT2D eigenvalue weighted by molar-refractivity contribution is 7.99. The van der Waals surface area contributed by atoms with Gasteiger partial charge in [0.15, 0.2) is 0 Å². The second-order valence-corrected chi connectivity index (χ2v) is 6.38. The second-order valence-electron chi connectivity index (χ2n) is 5.39. The van der Waals surface area contributed by atoms with Gasteiger partial charge in [-0.3, -0.25) is 4.98 Å². The van der Waals surface area contributed by atoms with Gasteiger partial charge in [0.05, 0.1) is 24.4 Å². The minimum absolute atomic E-state index is 0.252. The van der Waals surface area contributed by atoms with Crippen molar-refractivity contribution in [1.29, 1.82) is 0 Å². The average molecular weight is 370 g/mol. The lowest BCUT2D eigenvalue weighted by Crippen LogP contribution is -2.46. The monoisotopic (exact) mass is 370 g/mol. The highest BCUT2D eigenvalue weighted by Gasteiger charge is 2.33. The summed E-state index contributed by atoms with van der Waals surface area (Å²) in [6.07, 6.45) is 4.81. The SMILES string of the molecule is CCOC(=O)C1=C(CSc2cnccn2)NC(=O)N[C@H]1c1ccccc1. The number of rotatable bonds is 6. The molecule has 1 atom stereocenters. The van der Waals surface area contributed by atoms with E-state index >= 15 is 0 Å². The first-order valence-corrected chi connectivity index (χ1v) is 9.09. The first-order chi connectivity index (χ1) is 12.7. The summed E-state index contributed by atoms with van der Waals surface area (Å²) in [5, 5.41) is 6.24.